The van der Waals surface area contributed by atoms with Gasteiger partial charge in [0.05, 0.1) is 26.3 Å². The summed E-state index contributed by atoms with van der Waals surface area (Å²) in [6.07, 6.45) is 0.852. The molecule has 1 atom stereocenters. The molecule has 4 aromatic rings. The summed E-state index contributed by atoms with van der Waals surface area (Å²) in [5.74, 6) is 0.386. The summed E-state index contributed by atoms with van der Waals surface area (Å²) in [6, 6.07) is 17.7. The van der Waals surface area contributed by atoms with Gasteiger partial charge in [-0.25, -0.2) is 4.98 Å². The van der Waals surface area contributed by atoms with Gasteiger partial charge in [-0.2, -0.15) is 0 Å². The Morgan fingerprint density at radius 2 is 2.00 bits per heavy atom. The number of aromatic nitrogens is 1. The first-order chi connectivity index (χ1) is 17.4. The van der Waals surface area contributed by atoms with Crippen molar-refractivity contribution < 1.29 is 19.2 Å². The fraction of sp³-hybridized carbons (Fsp3) is 0.154. The van der Waals surface area contributed by atoms with E-state index in [0.717, 1.165) is 30.7 Å². The number of ketones is 1. The van der Waals surface area contributed by atoms with Crippen molar-refractivity contribution in [3.05, 3.63) is 93.7 Å². The van der Waals surface area contributed by atoms with Gasteiger partial charge in [-0.05, 0) is 56.3 Å². The summed E-state index contributed by atoms with van der Waals surface area (Å²) in [7, 11) is 0. The van der Waals surface area contributed by atoms with Crippen molar-refractivity contribution in [3.8, 4) is 5.75 Å². The molecule has 0 radical (unpaired) electrons. The molecule has 36 heavy (non-hydrogen) atoms. The van der Waals surface area contributed by atoms with Crippen molar-refractivity contribution in [3.63, 3.8) is 0 Å². The van der Waals surface area contributed by atoms with Crippen LogP contribution in [0.15, 0.2) is 81.7 Å². The van der Waals surface area contributed by atoms with Crippen LogP contribution in [0.4, 0.5) is 11.4 Å². The van der Waals surface area contributed by atoms with E-state index in [1.54, 1.807) is 24.4 Å². The minimum atomic E-state index is -0.790. The van der Waals surface area contributed by atoms with Gasteiger partial charge in [0.15, 0.2) is 10.1 Å². The highest BCUT2D eigenvalue weighted by atomic mass is 32.2. The van der Waals surface area contributed by atoms with Crippen LogP contribution in [0.25, 0.3) is 10.2 Å². The predicted octanol–water partition coefficient (Wildman–Crippen LogP) is 6.60. The van der Waals surface area contributed by atoms with Crippen LogP contribution >= 0.6 is 23.1 Å². The van der Waals surface area contributed by atoms with Gasteiger partial charge in [0.1, 0.15) is 5.75 Å². The van der Waals surface area contributed by atoms with Crippen LogP contribution in [0.1, 0.15) is 22.8 Å². The maximum atomic E-state index is 13.2. The van der Waals surface area contributed by atoms with Crippen LogP contribution in [-0.2, 0) is 4.74 Å². The van der Waals surface area contributed by atoms with Crippen molar-refractivity contribution in [2.45, 2.75) is 29.4 Å². The van der Waals surface area contributed by atoms with Crippen LogP contribution < -0.4 is 10.1 Å². The molecule has 0 saturated heterocycles. The monoisotopic (exact) mass is 519 g/mol. The Hall–Kier alpha value is -3.73. The summed E-state index contributed by atoms with van der Waals surface area (Å²) < 4.78 is 13.4. The molecule has 3 aromatic carbocycles. The largest absolute Gasteiger partial charge is 0.460 e. The van der Waals surface area contributed by atoms with Gasteiger partial charge in [-0.15, -0.1) is 11.3 Å². The van der Waals surface area contributed by atoms with Crippen molar-refractivity contribution in [1.29, 1.82) is 0 Å². The molecule has 1 N–H and O–H groups in total. The van der Waals surface area contributed by atoms with Gasteiger partial charge in [0, 0.05) is 35.5 Å². The van der Waals surface area contributed by atoms with Crippen LogP contribution in [0.2, 0.25) is 0 Å². The van der Waals surface area contributed by atoms with E-state index in [0.29, 0.717) is 23.5 Å². The van der Waals surface area contributed by atoms with Gasteiger partial charge in [-0.3, -0.25) is 14.9 Å². The Bertz CT molecular complexity index is 1500. The third-order valence-corrected chi connectivity index (χ3v) is 7.55. The quantitative estimate of drug-likeness (QED) is 0.165. The van der Waals surface area contributed by atoms with E-state index in [1.807, 2.05) is 44.2 Å². The summed E-state index contributed by atoms with van der Waals surface area (Å²) in [5, 5.41) is 14.1. The average Bonchev–Trinajstić information content (AvgIpc) is 3.26. The molecule has 182 valence electrons. The van der Waals surface area contributed by atoms with E-state index in [-0.39, 0.29) is 11.5 Å². The lowest BCUT2D eigenvalue weighted by Crippen LogP contribution is -2.33. The van der Waals surface area contributed by atoms with E-state index in [1.165, 1.54) is 35.2 Å². The number of anilines is 1. The van der Waals surface area contributed by atoms with Crippen LogP contribution in [0, 0.1) is 17.0 Å². The number of carbonyl (C=O) groups is 1. The molecule has 5 rings (SSSR count). The number of rotatable bonds is 7. The number of nitrogens with one attached hydrogen (secondary N) is 1. The number of hydrogen-bond donors (Lipinski definition) is 1. The van der Waals surface area contributed by atoms with Crippen LogP contribution in [-0.4, -0.2) is 28.6 Å². The number of carbonyl (C=O) groups excluding carboxylic acids is 1. The van der Waals surface area contributed by atoms with Crippen molar-refractivity contribution in [1.82, 2.24) is 4.98 Å². The number of Topliss-reactive ketones (excluding diaryl/α,β-unsaturated/α-hetero) is 1. The number of thiazole rings is 1. The summed E-state index contributed by atoms with van der Waals surface area (Å²) >= 11 is 2.97. The zero-order valence-corrected chi connectivity index (χ0v) is 21.0. The average molecular weight is 520 g/mol. The Morgan fingerprint density at radius 1 is 1.19 bits per heavy atom. The maximum absolute atomic E-state index is 13.2. The van der Waals surface area contributed by atoms with Gasteiger partial charge >= 0.3 is 0 Å². The molecule has 10 heteroatoms. The van der Waals surface area contributed by atoms with Gasteiger partial charge in [0.25, 0.3) is 5.69 Å². The fourth-order valence-electron chi connectivity index (χ4n) is 3.71. The molecule has 0 saturated carbocycles. The van der Waals surface area contributed by atoms with E-state index in [9.17, 15) is 14.9 Å². The van der Waals surface area contributed by atoms with Crippen molar-refractivity contribution >= 4 is 50.5 Å². The maximum Gasteiger partial charge on any atom is 0.269 e. The van der Waals surface area contributed by atoms with Crippen LogP contribution in [0.3, 0.4) is 0 Å². The number of nitro benzene ring substituents is 1. The molecular formula is C26H21N3O5S2. The number of ether oxygens (including phenoxy) is 2. The summed E-state index contributed by atoms with van der Waals surface area (Å²) in [5.41, 5.74) is 3.59. The summed E-state index contributed by atoms with van der Waals surface area (Å²) in [4.78, 5) is 29.2. The molecule has 0 amide bonds. The zero-order valence-electron chi connectivity index (χ0n) is 19.4. The molecule has 0 bridgehead atoms. The van der Waals surface area contributed by atoms with Gasteiger partial charge in [-0.1, -0.05) is 23.4 Å². The standard InChI is InChI=1S/C26H21N3O5S2/c1-3-33-25-20(24(30)19-12-15(2)4-11-22(19)34-25)14-27-16-5-10-21-23(13-16)36-26(28-21)35-18-8-6-17(7-9-18)29(31)32/h4-14,25,27H,3H2,1-2H3/b20-14+/t25-/m1/s1. The third-order valence-electron chi connectivity index (χ3n) is 5.46. The second kappa shape index (κ2) is 10.1. The Labute approximate surface area is 215 Å². The Morgan fingerprint density at radius 3 is 2.75 bits per heavy atom. The number of non-ortho nitro benzene ring substituents is 1. The van der Waals surface area contributed by atoms with Gasteiger partial charge in [0.2, 0.25) is 6.29 Å². The predicted molar refractivity (Wildman–Crippen MR) is 140 cm³/mol. The second-order valence-corrected chi connectivity index (χ2v) is 10.3. The zero-order chi connectivity index (χ0) is 25.2. The second-order valence-electron chi connectivity index (χ2n) is 7.99. The number of benzene rings is 3. The molecule has 1 aliphatic heterocycles. The highest BCUT2D eigenvalue weighted by molar-refractivity contribution is 8.01. The SMILES string of the molecule is CCO[C@@H]1Oc2ccc(C)cc2C(=O)/C1=C\Nc1ccc2nc(Sc3ccc([N+](=O)[O-])cc3)sc2c1. The summed E-state index contributed by atoms with van der Waals surface area (Å²) in [6.45, 7) is 4.19. The molecule has 0 spiro atoms. The number of hydrogen-bond acceptors (Lipinski definition) is 9. The topological polar surface area (TPSA) is 104 Å². The number of fused-ring (bicyclic) bond motifs is 2. The Kier molecular flexibility index (Phi) is 6.73. The lowest BCUT2D eigenvalue weighted by atomic mass is 9.98. The molecule has 0 aliphatic carbocycles. The molecular weight excluding hydrogens is 498 g/mol. The molecule has 1 aliphatic rings. The lowest BCUT2D eigenvalue weighted by Gasteiger charge is -2.27. The van der Waals surface area contributed by atoms with E-state index >= 15 is 0 Å². The van der Waals surface area contributed by atoms with E-state index < -0.39 is 11.2 Å². The number of aryl methyl sites for hydroxylation is 1. The smallest absolute Gasteiger partial charge is 0.269 e. The molecule has 2 heterocycles. The highest BCUT2D eigenvalue weighted by Gasteiger charge is 2.32. The van der Waals surface area contributed by atoms with E-state index in [4.69, 9.17) is 9.47 Å². The first kappa shape index (κ1) is 24.0. The normalized spacial score (nSPS) is 16.1. The van der Waals surface area contributed by atoms with E-state index in [2.05, 4.69) is 10.3 Å². The molecule has 0 fully saturated rings. The fourth-order valence-corrected chi connectivity index (χ4v) is 5.79. The first-order valence-electron chi connectivity index (χ1n) is 11.1. The van der Waals surface area contributed by atoms with Gasteiger partial charge < -0.3 is 14.8 Å². The first-order valence-corrected chi connectivity index (χ1v) is 12.8. The van der Waals surface area contributed by atoms with Crippen molar-refractivity contribution in [2.75, 3.05) is 11.9 Å². The molecule has 8 nitrogen and oxygen atoms in total. The number of nitro groups is 1. The van der Waals surface area contributed by atoms with Crippen LogP contribution in [0.5, 0.6) is 5.75 Å². The minimum absolute atomic E-state index is 0.0560. The van der Waals surface area contributed by atoms with Crippen molar-refractivity contribution in [2.24, 2.45) is 0 Å². The number of nitrogens with zero attached hydrogens (tertiary/aromatic N) is 2. The highest BCUT2D eigenvalue weighted by Crippen LogP contribution is 2.36. The minimum Gasteiger partial charge on any atom is -0.460 e. The third kappa shape index (κ3) is 4.97. The molecule has 0 unspecified atom stereocenters. The lowest BCUT2D eigenvalue weighted by molar-refractivity contribution is -0.384. The Balaban J connectivity index is 1.36. The molecule has 1 aromatic heterocycles.